The number of hydrogen-bond acceptors (Lipinski definition) is 7. The van der Waals surface area contributed by atoms with E-state index in [0.717, 1.165) is 5.75 Å². The molecule has 104 valence electrons. The maximum Gasteiger partial charge on any atom is 0.358 e. The van der Waals surface area contributed by atoms with Crippen LogP contribution in [0.5, 0.6) is 5.75 Å². The van der Waals surface area contributed by atoms with Gasteiger partial charge in [0.05, 0.1) is 13.7 Å². The lowest BCUT2D eigenvalue weighted by Crippen LogP contribution is -2.32. The number of esters is 1. The Bertz CT molecular complexity index is 457. The molecule has 0 fully saturated rings. The van der Waals surface area contributed by atoms with Gasteiger partial charge in [-0.2, -0.15) is 0 Å². The van der Waals surface area contributed by atoms with Crippen molar-refractivity contribution >= 4 is 11.7 Å². The third kappa shape index (κ3) is 4.07. The molecule has 0 aliphatic rings. The number of nitrogens with two attached hydrogens (primary N) is 2. The van der Waals surface area contributed by atoms with Crippen molar-refractivity contribution < 1.29 is 14.3 Å². The van der Waals surface area contributed by atoms with Gasteiger partial charge in [-0.1, -0.05) is 0 Å². The van der Waals surface area contributed by atoms with Crippen LogP contribution in [0.3, 0.4) is 0 Å². The molecule has 1 aromatic carbocycles. The lowest BCUT2D eigenvalue weighted by molar-refractivity contribution is -0.138. The molecule has 7 heteroatoms. The molecule has 0 aliphatic heterocycles. The van der Waals surface area contributed by atoms with E-state index in [-0.39, 0.29) is 18.1 Å². The Labute approximate surface area is 111 Å². The number of benzene rings is 1. The number of nitrogens with one attached hydrogen (secondary N) is 2. The van der Waals surface area contributed by atoms with Gasteiger partial charge in [0.15, 0.2) is 5.70 Å². The molecule has 0 atom stereocenters. The van der Waals surface area contributed by atoms with Crippen LogP contribution < -0.4 is 27.1 Å². The first-order chi connectivity index (χ1) is 9.12. The van der Waals surface area contributed by atoms with Crippen LogP contribution in [0, 0.1) is 0 Å². The predicted octanol–water partition coefficient (Wildman–Crippen LogP) is 0.261. The Morgan fingerprint density at radius 2 is 1.95 bits per heavy atom. The molecule has 0 radical (unpaired) electrons. The average Bonchev–Trinajstić information content (AvgIpc) is 2.45. The Kier molecular flexibility index (Phi) is 5.49. The molecule has 0 aliphatic carbocycles. The van der Waals surface area contributed by atoms with E-state index in [0.29, 0.717) is 5.69 Å². The molecule has 7 nitrogen and oxygen atoms in total. The molecule has 0 bridgehead atoms. The molecule has 1 rings (SSSR count). The second-order valence-electron chi connectivity index (χ2n) is 3.51. The monoisotopic (exact) mass is 266 g/mol. The van der Waals surface area contributed by atoms with Crippen LogP contribution in [-0.2, 0) is 9.53 Å². The Hall–Kier alpha value is -2.41. The van der Waals surface area contributed by atoms with E-state index in [1.54, 1.807) is 38.3 Å². The zero-order valence-corrected chi connectivity index (χ0v) is 10.9. The van der Waals surface area contributed by atoms with Gasteiger partial charge in [-0.05, 0) is 31.2 Å². The number of rotatable bonds is 6. The van der Waals surface area contributed by atoms with Gasteiger partial charge in [-0.3, -0.25) is 0 Å². The normalized spacial score (nSPS) is 11.3. The summed E-state index contributed by atoms with van der Waals surface area (Å²) in [6, 6.07) is 7.04. The smallest absolute Gasteiger partial charge is 0.358 e. The van der Waals surface area contributed by atoms with Gasteiger partial charge in [0, 0.05) is 5.69 Å². The number of anilines is 1. The number of hydrogen-bond donors (Lipinski definition) is 4. The Balaban J connectivity index is 2.85. The summed E-state index contributed by atoms with van der Waals surface area (Å²) in [6.45, 7) is 1.93. The van der Waals surface area contributed by atoms with Gasteiger partial charge in [-0.15, -0.1) is 0 Å². The lowest BCUT2D eigenvalue weighted by atomic mass is 10.3. The van der Waals surface area contributed by atoms with Gasteiger partial charge >= 0.3 is 5.97 Å². The largest absolute Gasteiger partial charge is 0.497 e. The van der Waals surface area contributed by atoms with Crippen LogP contribution in [0.15, 0.2) is 35.8 Å². The second-order valence-corrected chi connectivity index (χ2v) is 3.51. The molecule has 6 N–H and O–H groups in total. The summed E-state index contributed by atoms with van der Waals surface area (Å²) in [5.41, 5.74) is 8.54. The van der Waals surface area contributed by atoms with Gasteiger partial charge in [0.2, 0.25) is 0 Å². The summed E-state index contributed by atoms with van der Waals surface area (Å²) in [5, 5.41) is 2.88. The van der Waals surface area contributed by atoms with Gasteiger partial charge in [-0.25, -0.2) is 10.6 Å². The maximum absolute atomic E-state index is 11.5. The molecular weight excluding hydrogens is 248 g/mol. The highest BCUT2D eigenvalue weighted by atomic mass is 16.5. The second kappa shape index (κ2) is 7.12. The summed E-state index contributed by atoms with van der Waals surface area (Å²) in [5.74, 6) is 5.57. The van der Waals surface area contributed by atoms with Crippen LogP contribution in [0.25, 0.3) is 0 Å². The van der Waals surface area contributed by atoms with Crippen LogP contribution in [-0.4, -0.2) is 19.7 Å². The minimum atomic E-state index is -0.642. The summed E-state index contributed by atoms with van der Waals surface area (Å²) in [4.78, 5) is 11.5. The van der Waals surface area contributed by atoms with E-state index in [2.05, 4.69) is 10.7 Å². The lowest BCUT2D eigenvalue weighted by Gasteiger charge is -2.13. The maximum atomic E-state index is 11.5. The van der Waals surface area contributed by atoms with Crippen molar-refractivity contribution in [2.45, 2.75) is 6.92 Å². The number of hydrazine groups is 1. The highest BCUT2D eigenvalue weighted by Gasteiger charge is 2.12. The van der Waals surface area contributed by atoms with Crippen molar-refractivity contribution in [1.29, 1.82) is 0 Å². The third-order valence-electron chi connectivity index (χ3n) is 2.27. The summed E-state index contributed by atoms with van der Waals surface area (Å²) >= 11 is 0. The molecule has 0 unspecified atom stereocenters. The highest BCUT2D eigenvalue weighted by molar-refractivity contribution is 5.88. The number of carbonyl (C=O) groups excluding carboxylic acids is 1. The van der Waals surface area contributed by atoms with Crippen LogP contribution in [0.1, 0.15) is 6.92 Å². The molecule has 0 heterocycles. The number of ether oxygens (including phenoxy) is 2. The van der Waals surface area contributed by atoms with E-state index < -0.39 is 5.97 Å². The van der Waals surface area contributed by atoms with Crippen LogP contribution in [0.2, 0.25) is 0 Å². The molecule has 0 spiro atoms. The first-order valence-corrected chi connectivity index (χ1v) is 5.67. The molecule has 0 saturated carbocycles. The quantitative estimate of drug-likeness (QED) is 0.253. The van der Waals surface area contributed by atoms with E-state index in [4.69, 9.17) is 21.1 Å². The third-order valence-corrected chi connectivity index (χ3v) is 2.27. The van der Waals surface area contributed by atoms with Crippen molar-refractivity contribution in [2.24, 2.45) is 11.6 Å². The fraction of sp³-hybridized carbons (Fsp3) is 0.250. The summed E-state index contributed by atoms with van der Waals surface area (Å²) in [7, 11) is 1.58. The van der Waals surface area contributed by atoms with E-state index in [9.17, 15) is 4.79 Å². The zero-order valence-electron chi connectivity index (χ0n) is 10.9. The van der Waals surface area contributed by atoms with Gasteiger partial charge in [0.25, 0.3) is 0 Å². The fourth-order valence-corrected chi connectivity index (χ4v) is 1.31. The van der Waals surface area contributed by atoms with Crippen LogP contribution >= 0.6 is 0 Å². The molecule has 1 aromatic rings. The van der Waals surface area contributed by atoms with Crippen molar-refractivity contribution in [3.8, 4) is 5.75 Å². The topological polar surface area (TPSA) is 112 Å². The molecule has 19 heavy (non-hydrogen) atoms. The summed E-state index contributed by atoms with van der Waals surface area (Å²) in [6.07, 6.45) is 0. The molecule has 0 amide bonds. The van der Waals surface area contributed by atoms with Gasteiger partial charge < -0.3 is 25.9 Å². The van der Waals surface area contributed by atoms with E-state index >= 15 is 0 Å². The van der Waals surface area contributed by atoms with Crippen molar-refractivity contribution in [3.63, 3.8) is 0 Å². The minimum Gasteiger partial charge on any atom is -0.497 e. The number of methoxy groups -OCH3 is 1. The van der Waals surface area contributed by atoms with Crippen molar-refractivity contribution in [1.82, 2.24) is 5.43 Å². The Morgan fingerprint density at radius 3 is 2.42 bits per heavy atom. The van der Waals surface area contributed by atoms with Crippen molar-refractivity contribution in [3.05, 3.63) is 35.8 Å². The molecule has 0 saturated heterocycles. The number of carbonyl (C=O) groups is 1. The zero-order chi connectivity index (χ0) is 14.3. The summed E-state index contributed by atoms with van der Waals surface area (Å²) < 4.78 is 9.82. The predicted molar refractivity (Wildman–Crippen MR) is 71.8 cm³/mol. The van der Waals surface area contributed by atoms with Crippen LogP contribution in [0.4, 0.5) is 5.69 Å². The van der Waals surface area contributed by atoms with Crippen molar-refractivity contribution in [2.75, 3.05) is 19.0 Å². The average molecular weight is 266 g/mol. The SMILES string of the molecule is CCOC(=O)/C(N)=C(/NN)Nc1ccc(OC)cc1. The highest BCUT2D eigenvalue weighted by Crippen LogP contribution is 2.16. The standard InChI is InChI=1S/C12H18N4O3/c1-3-19-12(17)10(13)11(16-14)15-8-4-6-9(18-2)7-5-8/h4-7,15-16H,3,13-14H2,1-2H3/b11-10-. The Morgan fingerprint density at radius 1 is 1.32 bits per heavy atom. The first kappa shape index (κ1) is 14.7. The van der Waals surface area contributed by atoms with Gasteiger partial charge in [0.1, 0.15) is 11.6 Å². The minimum absolute atomic E-state index is 0.125. The van der Waals surface area contributed by atoms with E-state index in [1.807, 2.05) is 0 Å². The fourth-order valence-electron chi connectivity index (χ4n) is 1.31. The molecule has 0 aromatic heterocycles. The molecular formula is C12H18N4O3. The first-order valence-electron chi connectivity index (χ1n) is 5.67. The van der Waals surface area contributed by atoms with E-state index in [1.165, 1.54) is 0 Å².